The largest absolute Gasteiger partial charge is 0.465 e. The van der Waals surface area contributed by atoms with E-state index in [1.54, 1.807) is 12.1 Å². The zero-order valence-electron chi connectivity index (χ0n) is 8.80. The number of hydrogen-bond acceptors (Lipinski definition) is 4. The van der Waals surface area contributed by atoms with Gasteiger partial charge in [-0.3, -0.25) is 10.1 Å². The number of nitro benzene ring substituents is 1. The number of benzene rings is 1. The van der Waals surface area contributed by atoms with Crippen molar-refractivity contribution < 1.29 is 14.4 Å². The van der Waals surface area contributed by atoms with E-state index in [0.717, 1.165) is 25.9 Å². The maximum Gasteiger partial charge on any atom is 0.269 e. The van der Waals surface area contributed by atoms with Crippen LogP contribution < -0.4 is 4.74 Å². The van der Waals surface area contributed by atoms with E-state index >= 15 is 0 Å². The van der Waals surface area contributed by atoms with Crippen LogP contribution in [0.1, 0.15) is 19.3 Å². The standard InChI is InChI=1S/C11H13NO4/c13-12(14)9-4-6-10(7-5-9)16-11-3-1-2-8-15-11/h4-7,11H,1-3,8H2/t11-/m1/s1. The summed E-state index contributed by atoms with van der Waals surface area (Å²) >= 11 is 0. The first-order valence-electron chi connectivity index (χ1n) is 5.28. The SMILES string of the molecule is O=[N+]([O-])c1ccc(O[C@@H]2CCCCO2)cc1. The smallest absolute Gasteiger partial charge is 0.269 e. The van der Waals surface area contributed by atoms with Gasteiger partial charge in [-0.15, -0.1) is 0 Å². The van der Waals surface area contributed by atoms with Gasteiger partial charge in [-0.05, 0) is 25.0 Å². The topological polar surface area (TPSA) is 61.6 Å². The van der Waals surface area contributed by atoms with E-state index in [4.69, 9.17) is 9.47 Å². The van der Waals surface area contributed by atoms with Crippen LogP contribution in [0, 0.1) is 10.1 Å². The molecule has 1 aliphatic rings. The molecule has 5 heteroatoms. The van der Waals surface area contributed by atoms with E-state index in [-0.39, 0.29) is 12.0 Å². The lowest BCUT2D eigenvalue weighted by molar-refractivity contribution is -0.384. The second-order valence-corrected chi connectivity index (χ2v) is 3.66. The lowest BCUT2D eigenvalue weighted by Crippen LogP contribution is -2.24. The lowest BCUT2D eigenvalue weighted by Gasteiger charge is -2.23. The molecule has 16 heavy (non-hydrogen) atoms. The molecular weight excluding hydrogens is 210 g/mol. The summed E-state index contributed by atoms with van der Waals surface area (Å²) in [7, 11) is 0. The molecular formula is C11H13NO4. The molecule has 2 rings (SSSR count). The van der Waals surface area contributed by atoms with Gasteiger partial charge in [0.15, 0.2) is 6.29 Å². The fraction of sp³-hybridized carbons (Fsp3) is 0.455. The number of rotatable bonds is 3. The third kappa shape index (κ3) is 2.70. The number of hydrogen-bond donors (Lipinski definition) is 0. The van der Waals surface area contributed by atoms with Crippen LogP contribution in [0.5, 0.6) is 5.75 Å². The van der Waals surface area contributed by atoms with Crippen LogP contribution in [0.3, 0.4) is 0 Å². The summed E-state index contributed by atoms with van der Waals surface area (Å²) in [5.74, 6) is 0.609. The van der Waals surface area contributed by atoms with Crippen molar-refractivity contribution in [3.8, 4) is 5.75 Å². The Kier molecular flexibility index (Phi) is 3.36. The molecule has 0 aromatic heterocycles. The van der Waals surface area contributed by atoms with Crippen LogP contribution in [0.25, 0.3) is 0 Å². The van der Waals surface area contributed by atoms with Gasteiger partial charge in [0.2, 0.25) is 0 Å². The minimum atomic E-state index is -0.430. The first-order chi connectivity index (χ1) is 7.75. The van der Waals surface area contributed by atoms with E-state index in [2.05, 4.69) is 0 Å². The molecule has 0 saturated carbocycles. The molecule has 0 radical (unpaired) electrons. The van der Waals surface area contributed by atoms with Crippen molar-refractivity contribution in [2.45, 2.75) is 25.6 Å². The lowest BCUT2D eigenvalue weighted by atomic mass is 10.2. The second kappa shape index (κ2) is 4.94. The van der Waals surface area contributed by atoms with E-state index in [1.807, 2.05) is 0 Å². The number of ether oxygens (including phenoxy) is 2. The summed E-state index contributed by atoms with van der Waals surface area (Å²) in [5, 5.41) is 10.4. The minimum Gasteiger partial charge on any atom is -0.465 e. The summed E-state index contributed by atoms with van der Waals surface area (Å²) in [5.41, 5.74) is 0.0666. The zero-order valence-corrected chi connectivity index (χ0v) is 8.80. The Morgan fingerprint density at radius 1 is 1.31 bits per heavy atom. The quantitative estimate of drug-likeness (QED) is 0.583. The normalized spacial score (nSPS) is 20.4. The van der Waals surface area contributed by atoms with Crippen LogP contribution in [0.4, 0.5) is 5.69 Å². The Bertz CT molecular complexity index is 357. The molecule has 1 heterocycles. The summed E-state index contributed by atoms with van der Waals surface area (Å²) in [6.07, 6.45) is 2.82. The second-order valence-electron chi connectivity index (χ2n) is 3.66. The molecule has 1 atom stereocenters. The van der Waals surface area contributed by atoms with Gasteiger partial charge >= 0.3 is 0 Å². The monoisotopic (exact) mass is 223 g/mol. The molecule has 0 N–H and O–H groups in total. The van der Waals surface area contributed by atoms with Crippen LogP contribution in [-0.2, 0) is 4.74 Å². The predicted octanol–water partition coefficient (Wildman–Crippen LogP) is 2.50. The molecule has 0 aliphatic carbocycles. The molecule has 86 valence electrons. The predicted molar refractivity (Wildman–Crippen MR) is 57.3 cm³/mol. The van der Waals surface area contributed by atoms with Gasteiger partial charge < -0.3 is 9.47 Å². The summed E-state index contributed by atoms with van der Waals surface area (Å²) in [6.45, 7) is 0.720. The Morgan fingerprint density at radius 3 is 2.62 bits per heavy atom. The van der Waals surface area contributed by atoms with Gasteiger partial charge in [-0.2, -0.15) is 0 Å². The number of nitro groups is 1. The van der Waals surface area contributed by atoms with Crippen molar-refractivity contribution in [3.63, 3.8) is 0 Å². The van der Waals surface area contributed by atoms with Gasteiger partial charge in [0.05, 0.1) is 11.5 Å². The van der Waals surface area contributed by atoms with Gasteiger partial charge in [0.25, 0.3) is 5.69 Å². The summed E-state index contributed by atoms with van der Waals surface area (Å²) in [6, 6.07) is 6.04. The summed E-state index contributed by atoms with van der Waals surface area (Å²) < 4.78 is 10.9. The summed E-state index contributed by atoms with van der Waals surface area (Å²) in [4.78, 5) is 10.0. The van der Waals surface area contributed by atoms with E-state index in [1.165, 1.54) is 12.1 Å². The van der Waals surface area contributed by atoms with Crippen molar-refractivity contribution in [2.24, 2.45) is 0 Å². The molecule has 1 fully saturated rings. The van der Waals surface area contributed by atoms with Crippen LogP contribution >= 0.6 is 0 Å². The van der Waals surface area contributed by atoms with Crippen LogP contribution in [0.2, 0.25) is 0 Å². The molecule has 0 bridgehead atoms. The highest BCUT2D eigenvalue weighted by Gasteiger charge is 2.15. The molecule has 1 aliphatic heterocycles. The highest BCUT2D eigenvalue weighted by Crippen LogP contribution is 2.21. The maximum atomic E-state index is 10.4. The molecule has 5 nitrogen and oxygen atoms in total. The highest BCUT2D eigenvalue weighted by molar-refractivity contribution is 5.35. The van der Waals surface area contributed by atoms with E-state index in [9.17, 15) is 10.1 Å². The Hall–Kier alpha value is -1.62. The van der Waals surface area contributed by atoms with Crippen molar-refractivity contribution in [1.29, 1.82) is 0 Å². The fourth-order valence-electron chi connectivity index (χ4n) is 1.60. The average Bonchev–Trinajstić information content (AvgIpc) is 2.31. The molecule has 1 aromatic rings. The third-order valence-corrected chi connectivity index (χ3v) is 2.45. The zero-order chi connectivity index (χ0) is 11.4. The Morgan fingerprint density at radius 2 is 2.06 bits per heavy atom. The van der Waals surface area contributed by atoms with Gasteiger partial charge in [0, 0.05) is 18.6 Å². The molecule has 1 aromatic carbocycles. The molecule has 0 spiro atoms. The van der Waals surface area contributed by atoms with Crippen LogP contribution in [-0.4, -0.2) is 17.8 Å². The Labute approximate surface area is 93.1 Å². The third-order valence-electron chi connectivity index (χ3n) is 2.45. The molecule has 1 saturated heterocycles. The molecule has 0 unspecified atom stereocenters. The van der Waals surface area contributed by atoms with Crippen molar-refractivity contribution in [3.05, 3.63) is 34.4 Å². The Balaban J connectivity index is 1.96. The maximum absolute atomic E-state index is 10.4. The van der Waals surface area contributed by atoms with Crippen molar-refractivity contribution in [1.82, 2.24) is 0 Å². The van der Waals surface area contributed by atoms with Gasteiger partial charge in [0.1, 0.15) is 5.75 Å². The minimum absolute atomic E-state index is 0.0666. The van der Waals surface area contributed by atoms with Crippen molar-refractivity contribution >= 4 is 5.69 Å². The van der Waals surface area contributed by atoms with Crippen molar-refractivity contribution in [2.75, 3.05) is 6.61 Å². The first kappa shape index (κ1) is 10.9. The number of nitrogens with zero attached hydrogens (tertiary/aromatic N) is 1. The molecule has 0 amide bonds. The number of non-ortho nitro benzene ring substituents is 1. The fourth-order valence-corrected chi connectivity index (χ4v) is 1.60. The van der Waals surface area contributed by atoms with Crippen LogP contribution in [0.15, 0.2) is 24.3 Å². The van der Waals surface area contributed by atoms with E-state index in [0.29, 0.717) is 5.75 Å². The van der Waals surface area contributed by atoms with Gasteiger partial charge in [-0.1, -0.05) is 0 Å². The average molecular weight is 223 g/mol. The van der Waals surface area contributed by atoms with Gasteiger partial charge in [-0.25, -0.2) is 0 Å². The first-order valence-corrected chi connectivity index (χ1v) is 5.28. The van der Waals surface area contributed by atoms with E-state index < -0.39 is 4.92 Å². The highest BCUT2D eigenvalue weighted by atomic mass is 16.7.